The highest BCUT2D eigenvalue weighted by molar-refractivity contribution is 6.09. The second-order valence-corrected chi connectivity index (χ2v) is 8.42. The smallest absolute Gasteiger partial charge is 0.256 e. The highest BCUT2D eigenvalue weighted by Gasteiger charge is 2.31. The summed E-state index contributed by atoms with van der Waals surface area (Å²) in [7, 11) is 1.90. The Morgan fingerprint density at radius 2 is 1.88 bits per heavy atom. The second kappa shape index (κ2) is 9.82. The Bertz CT molecular complexity index is 1170. The van der Waals surface area contributed by atoms with Gasteiger partial charge in [0, 0.05) is 61.3 Å². The van der Waals surface area contributed by atoms with Crippen molar-refractivity contribution < 1.29 is 24.2 Å². The summed E-state index contributed by atoms with van der Waals surface area (Å²) in [6.07, 6.45) is 0.655. The number of hydrogen-bond acceptors (Lipinski definition) is 5. The molecule has 0 unspecified atom stereocenters. The van der Waals surface area contributed by atoms with E-state index in [1.54, 1.807) is 23.1 Å². The van der Waals surface area contributed by atoms with Gasteiger partial charge in [0.05, 0.1) is 12.2 Å². The highest BCUT2D eigenvalue weighted by Crippen LogP contribution is 2.32. The van der Waals surface area contributed by atoms with E-state index in [2.05, 4.69) is 4.57 Å². The van der Waals surface area contributed by atoms with Gasteiger partial charge in [0.1, 0.15) is 12.4 Å². The first kappa shape index (κ1) is 23.1. The average molecular weight is 454 g/mol. The van der Waals surface area contributed by atoms with Crippen molar-refractivity contribution in [3.8, 4) is 0 Å². The summed E-state index contributed by atoms with van der Waals surface area (Å²) in [6, 6.07) is 11.6. The average Bonchev–Trinajstić information content (AvgIpc) is 3.12. The van der Waals surface area contributed by atoms with Crippen LogP contribution in [-0.4, -0.2) is 82.7 Å². The molecule has 0 radical (unpaired) electrons. The number of ketones is 1. The van der Waals surface area contributed by atoms with Crippen molar-refractivity contribution in [1.82, 2.24) is 14.4 Å². The summed E-state index contributed by atoms with van der Waals surface area (Å²) in [5.41, 5.74) is 3.61. The zero-order chi connectivity index (χ0) is 23.5. The molecule has 1 aliphatic heterocycles. The van der Waals surface area contributed by atoms with Crippen molar-refractivity contribution in [3.63, 3.8) is 0 Å². The second-order valence-electron chi connectivity index (χ2n) is 8.42. The van der Waals surface area contributed by atoms with Gasteiger partial charge in [0.15, 0.2) is 5.78 Å². The van der Waals surface area contributed by atoms with Crippen LogP contribution in [0.25, 0.3) is 10.9 Å². The van der Waals surface area contributed by atoms with Crippen LogP contribution < -0.4 is 0 Å². The Morgan fingerprint density at radius 1 is 1.12 bits per heavy atom. The van der Waals surface area contributed by atoms with Crippen LogP contribution in [0.2, 0.25) is 0 Å². The Labute approximate surface area is 191 Å². The van der Waals surface area contributed by atoms with E-state index in [9.17, 15) is 14.0 Å². The Hall–Kier alpha value is -3.07. The zero-order valence-electron chi connectivity index (χ0n) is 18.6. The SMILES string of the molecule is CN(CCO)CCN1CCc2c(c3cc(F)ccc3n2Cc2ccc(C(=O)CO)cc2)C1=O. The van der Waals surface area contributed by atoms with Gasteiger partial charge < -0.3 is 24.6 Å². The topological polar surface area (TPSA) is 86.0 Å². The molecule has 0 atom stereocenters. The maximum absolute atomic E-state index is 14.1. The first-order valence-electron chi connectivity index (χ1n) is 11.0. The minimum atomic E-state index is -0.533. The van der Waals surface area contributed by atoms with Crippen LogP contribution in [0, 0.1) is 5.82 Å². The molecule has 1 aliphatic rings. The number of aromatic nitrogens is 1. The predicted octanol–water partition coefficient (Wildman–Crippen LogP) is 1.93. The fourth-order valence-corrected chi connectivity index (χ4v) is 4.42. The third kappa shape index (κ3) is 4.68. The van der Waals surface area contributed by atoms with Crippen molar-refractivity contribution >= 4 is 22.6 Å². The molecule has 174 valence electrons. The Kier molecular flexibility index (Phi) is 6.88. The van der Waals surface area contributed by atoms with Crippen molar-refractivity contribution in [3.05, 3.63) is 70.7 Å². The molecule has 3 aromatic rings. The van der Waals surface area contributed by atoms with E-state index in [0.717, 1.165) is 16.8 Å². The van der Waals surface area contributed by atoms with Crippen LogP contribution >= 0.6 is 0 Å². The molecule has 2 N–H and O–H groups in total. The van der Waals surface area contributed by atoms with E-state index in [4.69, 9.17) is 10.2 Å². The number of hydrogen-bond donors (Lipinski definition) is 2. The van der Waals surface area contributed by atoms with Crippen LogP contribution in [-0.2, 0) is 13.0 Å². The number of halogens is 1. The van der Waals surface area contributed by atoms with Gasteiger partial charge in [-0.1, -0.05) is 24.3 Å². The quantitative estimate of drug-likeness (QED) is 0.484. The lowest BCUT2D eigenvalue weighted by molar-refractivity contribution is 0.0721. The van der Waals surface area contributed by atoms with Gasteiger partial charge in [-0.3, -0.25) is 9.59 Å². The molecule has 0 saturated carbocycles. The largest absolute Gasteiger partial charge is 0.395 e. The maximum atomic E-state index is 14.1. The molecular weight excluding hydrogens is 425 g/mol. The Morgan fingerprint density at radius 3 is 2.58 bits per heavy atom. The lowest BCUT2D eigenvalue weighted by Crippen LogP contribution is -2.42. The summed E-state index contributed by atoms with van der Waals surface area (Å²) in [5.74, 6) is -0.829. The molecule has 1 aromatic heterocycles. The number of carbonyl (C=O) groups is 2. The van der Waals surface area contributed by atoms with E-state index in [1.807, 2.05) is 24.1 Å². The number of rotatable bonds is 9. The number of Topliss-reactive ketones (excluding diaryl/α,β-unsaturated/α-hetero) is 1. The van der Waals surface area contributed by atoms with Crippen molar-refractivity contribution in [2.24, 2.45) is 0 Å². The molecule has 8 heteroatoms. The van der Waals surface area contributed by atoms with Gasteiger partial charge >= 0.3 is 0 Å². The van der Waals surface area contributed by atoms with Gasteiger partial charge in [-0.05, 0) is 30.8 Å². The number of benzene rings is 2. The van der Waals surface area contributed by atoms with Crippen LogP contribution in [0.4, 0.5) is 4.39 Å². The summed E-state index contributed by atoms with van der Waals surface area (Å²) >= 11 is 0. The van der Waals surface area contributed by atoms with Gasteiger partial charge in [-0.2, -0.15) is 0 Å². The van der Waals surface area contributed by atoms with E-state index in [0.29, 0.717) is 55.7 Å². The molecule has 0 spiro atoms. The molecular formula is C25H28FN3O4. The minimum Gasteiger partial charge on any atom is -0.395 e. The number of aliphatic hydroxyl groups excluding tert-OH is 2. The summed E-state index contributed by atoms with van der Waals surface area (Å²) in [4.78, 5) is 28.8. The number of fused-ring (bicyclic) bond motifs is 3. The molecule has 1 amide bonds. The monoisotopic (exact) mass is 453 g/mol. The van der Waals surface area contributed by atoms with Gasteiger partial charge in [0.25, 0.3) is 5.91 Å². The van der Waals surface area contributed by atoms with Gasteiger partial charge in [-0.15, -0.1) is 0 Å². The molecule has 33 heavy (non-hydrogen) atoms. The van der Waals surface area contributed by atoms with Crippen molar-refractivity contribution in [1.29, 1.82) is 0 Å². The van der Waals surface area contributed by atoms with E-state index in [1.165, 1.54) is 12.1 Å². The molecule has 0 saturated heterocycles. The van der Waals surface area contributed by atoms with Crippen molar-refractivity contribution in [2.75, 3.05) is 46.4 Å². The lowest BCUT2D eigenvalue weighted by atomic mass is 10.0. The molecule has 0 bridgehead atoms. The third-order valence-corrected chi connectivity index (χ3v) is 6.25. The van der Waals surface area contributed by atoms with Crippen LogP contribution in [0.15, 0.2) is 42.5 Å². The summed E-state index contributed by atoms with van der Waals surface area (Å²) in [5, 5.41) is 18.7. The van der Waals surface area contributed by atoms with E-state index < -0.39 is 6.61 Å². The van der Waals surface area contributed by atoms with Gasteiger partial charge in [-0.25, -0.2) is 4.39 Å². The predicted molar refractivity (Wildman–Crippen MR) is 123 cm³/mol. The summed E-state index contributed by atoms with van der Waals surface area (Å²) < 4.78 is 16.2. The number of carbonyl (C=O) groups excluding carboxylic acids is 2. The third-order valence-electron chi connectivity index (χ3n) is 6.25. The van der Waals surface area contributed by atoms with E-state index in [-0.39, 0.29) is 24.1 Å². The standard InChI is InChI=1S/C25H28FN3O4/c1-27(12-13-30)10-11-28-9-8-22-24(25(28)33)20-14-19(26)6-7-21(20)29(22)15-17-2-4-18(5-3-17)23(32)16-31/h2-7,14,30-31H,8-13,15-16H2,1H3. The fourth-order valence-electron chi connectivity index (χ4n) is 4.42. The minimum absolute atomic E-state index is 0.0660. The molecule has 0 aliphatic carbocycles. The molecule has 4 rings (SSSR count). The normalized spacial score (nSPS) is 13.7. The maximum Gasteiger partial charge on any atom is 0.256 e. The number of likely N-dealkylation sites (N-methyl/N-ethyl adjacent to an activating group) is 1. The van der Waals surface area contributed by atoms with Crippen molar-refractivity contribution in [2.45, 2.75) is 13.0 Å². The van der Waals surface area contributed by atoms with E-state index >= 15 is 0 Å². The molecule has 0 fully saturated rings. The number of amides is 1. The number of nitrogens with zero attached hydrogens (tertiary/aromatic N) is 3. The van der Waals surface area contributed by atoms with Crippen LogP contribution in [0.3, 0.4) is 0 Å². The highest BCUT2D eigenvalue weighted by atomic mass is 19.1. The first-order valence-corrected chi connectivity index (χ1v) is 11.0. The molecule has 7 nitrogen and oxygen atoms in total. The summed E-state index contributed by atoms with van der Waals surface area (Å²) in [6.45, 7) is 2.32. The zero-order valence-corrected chi connectivity index (χ0v) is 18.6. The van der Waals surface area contributed by atoms with Gasteiger partial charge in [0.2, 0.25) is 0 Å². The van der Waals surface area contributed by atoms with Crippen LogP contribution in [0.1, 0.15) is 32.0 Å². The number of aliphatic hydroxyl groups is 2. The fraction of sp³-hybridized carbons (Fsp3) is 0.360. The first-order chi connectivity index (χ1) is 15.9. The Balaban J connectivity index is 1.66. The lowest BCUT2D eigenvalue weighted by Gasteiger charge is -2.29. The molecule has 2 aromatic carbocycles. The van der Waals surface area contributed by atoms with Crippen LogP contribution in [0.5, 0.6) is 0 Å². The molecule has 2 heterocycles.